The average Bonchev–Trinajstić information content (AvgIpc) is 3.21. The number of carbonyl (C=O) groups excluding carboxylic acids is 1. The van der Waals surface area contributed by atoms with Crippen LogP contribution in [0.1, 0.15) is 62.5 Å². The van der Waals surface area contributed by atoms with Crippen LogP contribution in [-0.2, 0) is 27.1 Å². The largest absolute Gasteiger partial charge is 0.463 e. The number of ether oxygens (including phenoxy) is 2. The topological polar surface area (TPSA) is 67.8 Å². The lowest BCUT2D eigenvalue weighted by atomic mass is 9.88. The van der Waals surface area contributed by atoms with Gasteiger partial charge in [-0.3, -0.25) is 0 Å². The van der Waals surface area contributed by atoms with Gasteiger partial charge in [0.2, 0.25) is 0 Å². The smallest absolute Gasteiger partial charge is 0.330 e. The Morgan fingerprint density at radius 2 is 1.89 bits per heavy atom. The van der Waals surface area contributed by atoms with Crippen molar-refractivity contribution in [1.82, 2.24) is 5.32 Å². The fourth-order valence-corrected chi connectivity index (χ4v) is 4.86. The van der Waals surface area contributed by atoms with Gasteiger partial charge in [0.25, 0.3) is 0 Å². The number of benzene rings is 2. The number of carbonyl (C=O) groups is 1. The third-order valence-corrected chi connectivity index (χ3v) is 6.47. The van der Waals surface area contributed by atoms with Gasteiger partial charge in [-0.05, 0) is 81.7 Å². The average molecular weight is 484 g/mol. The number of hydrogen-bond donors (Lipinski definition) is 2. The highest BCUT2D eigenvalue weighted by Gasteiger charge is 2.28. The molecule has 190 valence electrons. The van der Waals surface area contributed by atoms with E-state index in [-0.39, 0.29) is 18.8 Å². The van der Waals surface area contributed by atoms with Crippen LogP contribution in [0.5, 0.6) is 0 Å². The van der Waals surface area contributed by atoms with E-state index in [2.05, 4.69) is 43.4 Å². The van der Waals surface area contributed by atoms with Crippen LogP contribution in [0.15, 0.2) is 48.5 Å². The molecule has 0 amide bonds. The van der Waals surface area contributed by atoms with Gasteiger partial charge in [0.1, 0.15) is 5.82 Å². The van der Waals surface area contributed by atoms with Crippen LogP contribution in [0.4, 0.5) is 4.39 Å². The van der Waals surface area contributed by atoms with Crippen molar-refractivity contribution < 1.29 is 23.8 Å². The fourth-order valence-electron chi connectivity index (χ4n) is 4.86. The summed E-state index contributed by atoms with van der Waals surface area (Å²) < 4.78 is 25.3. The van der Waals surface area contributed by atoms with Crippen LogP contribution in [0.2, 0.25) is 0 Å². The molecule has 0 aliphatic heterocycles. The minimum Gasteiger partial charge on any atom is -0.463 e. The number of aliphatic hydroxyl groups excluding tert-OH is 1. The minimum absolute atomic E-state index is 0.0640. The van der Waals surface area contributed by atoms with Gasteiger partial charge in [-0.15, -0.1) is 0 Å². The third kappa shape index (κ3) is 7.99. The van der Waals surface area contributed by atoms with Gasteiger partial charge < -0.3 is 19.9 Å². The molecule has 2 aromatic carbocycles. The molecule has 2 aromatic rings. The Morgan fingerprint density at radius 3 is 2.54 bits per heavy atom. The summed E-state index contributed by atoms with van der Waals surface area (Å²) in [4.78, 5) is 11.6. The summed E-state index contributed by atoms with van der Waals surface area (Å²) in [5.74, 6) is -0.317. The van der Waals surface area contributed by atoms with Gasteiger partial charge in [-0.2, -0.15) is 0 Å². The van der Waals surface area contributed by atoms with Gasteiger partial charge in [-0.1, -0.05) is 36.4 Å². The van der Waals surface area contributed by atoms with Crippen molar-refractivity contribution in [2.24, 2.45) is 5.92 Å². The van der Waals surface area contributed by atoms with Gasteiger partial charge in [0.15, 0.2) is 0 Å². The maximum atomic E-state index is 14.6. The predicted octanol–water partition coefficient (Wildman–Crippen LogP) is 5.01. The van der Waals surface area contributed by atoms with Crippen LogP contribution in [-0.4, -0.2) is 42.5 Å². The molecule has 1 aliphatic carbocycles. The zero-order valence-corrected chi connectivity index (χ0v) is 21.2. The standard InChI is InChI=1S/C29H38FNO4/c1-5-34-27(33)14-13-22-11-8-12-26(30)28(22)20(2)35-19-25(32)18-31-29(3,4)17-21-15-23-9-6-7-10-24(23)16-21/h6-14,20-21,25,31-32H,5,15-19H2,1-4H3/t20?,25-/m1/s1. The zero-order valence-electron chi connectivity index (χ0n) is 21.2. The summed E-state index contributed by atoms with van der Waals surface area (Å²) in [5, 5.41) is 14.0. The normalized spacial score (nSPS) is 15.8. The van der Waals surface area contributed by atoms with Gasteiger partial charge >= 0.3 is 5.97 Å². The van der Waals surface area contributed by atoms with Crippen LogP contribution in [0.25, 0.3) is 6.08 Å². The lowest BCUT2D eigenvalue weighted by Gasteiger charge is -2.31. The Balaban J connectivity index is 1.49. The number of hydrogen-bond acceptors (Lipinski definition) is 5. The molecule has 0 saturated carbocycles. The van der Waals surface area contributed by atoms with Crippen LogP contribution in [0, 0.1) is 11.7 Å². The van der Waals surface area contributed by atoms with Crippen molar-refractivity contribution in [3.63, 3.8) is 0 Å². The number of esters is 1. The number of rotatable bonds is 12. The first-order valence-corrected chi connectivity index (χ1v) is 12.4. The fraction of sp³-hybridized carbons (Fsp3) is 0.483. The first kappa shape index (κ1) is 27.1. The van der Waals surface area contributed by atoms with Crippen molar-refractivity contribution >= 4 is 12.0 Å². The summed E-state index contributed by atoms with van der Waals surface area (Å²) in [6.45, 7) is 8.50. The highest BCUT2D eigenvalue weighted by Crippen LogP contribution is 2.32. The van der Waals surface area contributed by atoms with Crippen LogP contribution < -0.4 is 5.32 Å². The molecule has 1 aliphatic rings. The van der Waals surface area contributed by atoms with E-state index in [0.717, 1.165) is 19.3 Å². The van der Waals surface area contributed by atoms with Crippen molar-refractivity contribution in [3.8, 4) is 0 Å². The highest BCUT2D eigenvalue weighted by molar-refractivity contribution is 5.87. The molecule has 2 N–H and O–H groups in total. The first-order chi connectivity index (χ1) is 16.7. The van der Waals surface area contributed by atoms with E-state index in [0.29, 0.717) is 23.6 Å². The molecule has 0 saturated heterocycles. The lowest BCUT2D eigenvalue weighted by Crippen LogP contribution is -2.45. The highest BCUT2D eigenvalue weighted by atomic mass is 19.1. The SMILES string of the molecule is CCOC(=O)C=Cc1cccc(F)c1C(C)OC[C@H](O)CNC(C)(C)CC1Cc2ccccc2C1. The lowest BCUT2D eigenvalue weighted by molar-refractivity contribution is -0.137. The summed E-state index contributed by atoms with van der Waals surface area (Å²) >= 11 is 0. The number of fused-ring (bicyclic) bond motifs is 1. The molecule has 0 radical (unpaired) electrons. The van der Waals surface area contributed by atoms with Crippen molar-refractivity contribution in [2.45, 2.75) is 64.7 Å². The molecule has 0 bridgehead atoms. The maximum Gasteiger partial charge on any atom is 0.330 e. The Hall–Kier alpha value is -2.54. The van der Waals surface area contributed by atoms with E-state index >= 15 is 0 Å². The summed E-state index contributed by atoms with van der Waals surface area (Å²) in [6.07, 6.45) is 4.67. The molecule has 0 spiro atoms. The van der Waals surface area contributed by atoms with Crippen LogP contribution in [0.3, 0.4) is 0 Å². The van der Waals surface area contributed by atoms with E-state index in [9.17, 15) is 14.3 Å². The zero-order chi connectivity index (χ0) is 25.4. The maximum absolute atomic E-state index is 14.6. The number of halogens is 1. The summed E-state index contributed by atoms with van der Waals surface area (Å²) in [7, 11) is 0. The number of aliphatic hydroxyl groups is 1. The second kappa shape index (κ2) is 12.4. The third-order valence-electron chi connectivity index (χ3n) is 6.47. The molecule has 3 rings (SSSR count). The number of nitrogens with one attached hydrogen (secondary N) is 1. The van der Waals surface area contributed by atoms with Gasteiger partial charge in [-0.25, -0.2) is 9.18 Å². The molecular weight excluding hydrogens is 445 g/mol. The molecule has 5 nitrogen and oxygen atoms in total. The van der Waals surface area contributed by atoms with Crippen molar-refractivity contribution in [2.75, 3.05) is 19.8 Å². The van der Waals surface area contributed by atoms with E-state index in [4.69, 9.17) is 9.47 Å². The summed E-state index contributed by atoms with van der Waals surface area (Å²) in [5.41, 5.74) is 3.64. The first-order valence-electron chi connectivity index (χ1n) is 12.4. The molecule has 1 unspecified atom stereocenters. The second-order valence-electron chi connectivity index (χ2n) is 9.97. The van der Waals surface area contributed by atoms with E-state index in [1.807, 2.05) is 0 Å². The van der Waals surface area contributed by atoms with Gasteiger partial charge in [0, 0.05) is 23.7 Å². The monoisotopic (exact) mass is 483 g/mol. The molecule has 6 heteroatoms. The Labute approximate surface area is 208 Å². The van der Waals surface area contributed by atoms with E-state index in [1.54, 1.807) is 26.0 Å². The Kier molecular flexibility index (Phi) is 9.61. The minimum atomic E-state index is -0.734. The predicted molar refractivity (Wildman–Crippen MR) is 136 cm³/mol. The molecule has 0 fully saturated rings. The van der Waals surface area contributed by atoms with Crippen LogP contribution >= 0.6 is 0 Å². The second-order valence-corrected chi connectivity index (χ2v) is 9.97. The molecule has 35 heavy (non-hydrogen) atoms. The quantitative estimate of drug-likeness (QED) is 0.328. The van der Waals surface area contributed by atoms with E-state index in [1.165, 1.54) is 29.3 Å². The van der Waals surface area contributed by atoms with E-state index < -0.39 is 24.0 Å². The van der Waals surface area contributed by atoms with Gasteiger partial charge in [0.05, 0.1) is 25.4 Å². The molecule has 2 atom stereocenters. The number of β-amino-alcohol motifs (C(OH)–C–C–N with tert-alkyl or cyclic N) is 1. The summed E-state index contributed by atoms with van der Waals surface area (Å²) in [6, 6.07) is 13.3. The molecule has 0 aromatic heterocycles. The Morgan fingerprint density at radius 1 is 1.20 bits per heavy atom. The Bertz CT molecular complexity index is 994. The van der Waals surface area contributed by atoms with Crippen molar-refractivity contribution in [3.05, 3.63) is 76.6 Å². The molecular formula is C29H38FNO4. The molecule has 0 heterocycles. The van der Waals surface area contributed by atoms with Crippen molar-refractivity contribution in [1.29, 1.82) is 0 Å².